The van der Waals surface area contributed by atoms with Crippen LogP contribution in [0.3, 0.4) is 0 Å². The van der Waals surface area contributed by atoms with Gasteiger partial charge in [0.05, 0.1) is 52.4 Å². The third-order valence-corrected chi connectivity index (χ3v) is 8.68. The number of quaternary nitrogens is 2. The lowest BCUT2D eigenvalue weighted by molar-refractivity contribution is -0.929. The molecule has 0 N–H and O–H groups in total. The van der Waals surface area contributed by atoms with Crippen LogP contribution in [-0.4, -0.2) is 61.3 Å². The molecule has 0 radical (unpaired) electrons. The van der Waals surface area contributed by atoms with Crippen LogP contribution in [0, 0.1) is 0 Å². The van der Waals surface area contributed by atoms with E-state index in [1.807, 2.05) is 0 Å². The van der Waals surface area contributed by atoms with Gasteiger partial charge in [0.15, 0.2) is 0 Å². The Morgan fingerprint density at radius 1 is 0.229 bits per heavy atom. The maximum Gasteiger partial charge on any atom is 0.0786 e. The quantitative estimate of drug-likeness (QED) is 0.0746. The van der Waals surface area contributed by atoms with Crippen molar-refractivity contribution >= 4 is 0 Å². The minimum Gasteiger partial charge on any atom is -0.324 e. The molecule has 0 saturated heterocycles. The fraction of sp³-hybridized carbons (Fsp3) is 1.00. The highest BCUT2D eigenvalue weighted by Crippen LogP contribution is 2.20. The molecule has 0 unspecified atom stereocenters. The molecule has 0 spiro atoms. The second-order valence-electron chi connectivity index (χ2n) is 12.1. The first-order chi connectivity index (χ1) is 17.1. The predicted octanol–water partition coefficient (Wildman–Crippen LogP) is 10.2. The maximum atomic E-state index is 2.37. The number of rotatable bonds is 28. The Kier molecular flexibility index (Phi) is 24.2. The summed E-state index contributed by atoms with van der Waals surface area (Å²) in [6.45, 7) is 25.7. The molecule has 35 heavy (non-hydrogen) atoms. The highest BCUT2D eigenvalue weighted by Gasteiger charge is 2.26. The molecule has 0 aromatic rings. The van der Waals surface area contributed by atoms with Gasteiger partial charge in [0.2, 0.25) is 0 Å². The molecule has 0 aliphatic heterocycles. The molecule has 0 rings (SSSR count). The maximum absolute atomic E-state index is 2.37. The van der Waals surface area contributed by atoms with Crippen molar-refractivity contribution in [3.05, 3.63) is 0 Å². The molecule has 0 aliphatic rings. The number of nitrogens with zero attached hydrogens (tertiary/aromatic N) is 2. The number of hydrogen-bond acceptors (Lipinski definition) is 0. The van der Waals surface area contributed by atoms with Crippen LogP contribution in [0.15, 0.2) is 0 Å². The van der Waals surface area contributed by atoms with E-state index in [1.54, 1.807) is 0 Å². The summed E-state index contributed by atoms with van der Waals surface area (Å²) >= 11 is 0. The zero-order valence-corrected chi connectivity index (χ0v) is 26.0. The Morgan fingerprint density at radius 2 is 0.400 bits per heavy atom. The van der Waals surface area contributed by atoms with Crippen molar-refractivity contribution in [1.29, 1.82) is 0 Å². The average Bonchev–Trinajstić information content (AvgIpc) is 2.88. The zero-order chi connectivity index (χ0) is 26.1. The van der Waals surface area contributed by atoms with Gasteiger partial charge in [-0.2, -0.15) is 0 Å². The van der Waals surface area contributed by atoms with Gasteiger partial charge in [0.1, 0.15) is 0 Å². The van der Waals surface area contributed by atoms with Crippen molar-refractivity contribution in [2.24, 2.45) is 0 Å². The molecule has 2 nitrogen and oxygen atoms in total. The molecule has 212 valence electrons. The van der Waals surface area contributed by atoms with Crippen molar-refractivity contribution < 1.29 is 8.97 Å². The molecule has 0 aromatic carbocycles. The van der Waals surface area contributed by atoms with Crippen molar-refractivity contribution in [2.45, 2.75) is 164 Å². The summed E-state index contributed by atoms with van der Waals surface area (Å²) < 4.78 is 2.87. The second-order valence-corrected chi connectivity index (χ2v) is 12.1. The monoisotopic (exact) mass is 497 g/mol. The van der Waals surface area contributed by atoms with E-state index in [0.717, 1.165) is 0 Å². The first kappa shape index (κ1) is 34.9. The zero-order valence-electron chi connectivity index (χ0n) is 26.0. The van der Waals surface area contributed by atoms with E-state index < -0.39 is 0 Å². The summed E-state index contributed by atoms with van der Waals surface area (Å²) in [5, 5.41) is 0. The van der Waals surface area contributed by atoms with Gasteiger partial charge in [-0.1, -0.05) is 99.3 Å². The Labute approximate surface area is 224 Å². The summed E-state index contributed by atoms with van der Waals surface area (Å²) in [6, 6.07) is 0. The van der Waals surface area contributed by atoms with E-state index in [0.29, 0.717) is 0 Å². The van der Waals surface area contributed by atoms with Crippen molar-refractivity contribution in [2.75, 3.05) is 52.4 Å². The van der Waals surface area contributed by atoms with Crippen LogP contribution in [0.5, 0.6) is 0 Å². The normalized spacial score (nSPS) is 12.5. The van der Waals surface area contributed by atoms with Gasteiger partial charge in [-0.3, -0.25) is 0 Å². The van der Waals surface area contributed by atoms with Gasteiger partial charge < -0.3 is 8.97 Å². The largest absolute Gasteiger partial charge is 0.324 e. The van der Waals surface area contributed by atoms with Crippen LogP contribution in [0.25, 0.3) is 0 Å². The molecule has 2 heteroatoms. The standard InChI is InChI=1S/C33H72N2/c1-7-13-26-34(27-14-8-2,28-15-9-3)32-24-22-20-19-21-23-25-33-35(29-16-10-4,30-17-11-5)31-18-12-6/h7-33H2,1-6H3/q+2. The van der Waals surface area contributed by atoms with Gasteiger partial charge in [-0.05, 0) is 64.2 Å². The lowest BCUT2D eigenvalue weighted by Crippen LogP contribution is -2.50. The molecule has 0 saturated carbocycles. The molecule has 0 aromatic heterocycles. The van der Waals surface area contributed by atoms with Crippen molar-refractivity contribution in [3.63, 3.8) is 0 Å². The highest BCUT2D eigenvalue weighted by atomic mass is 15.4. The van der Waals surface area contributed by atoms with E-state index in [2.05, 4.69) is 41.5 Å². The number of unbranched alkanes of at least 4 members (excludes halogenated alkanes) is 12. The molecule has 0 heterocycles. The molecule has 0 fully saturated rings. The number of hydrogen-bond donors (Lipinski definition) is 0. The molecule has 0 aliphatic carbocycles. The Morgan fingerprint density at radius 3 is 0.600 bits per heavy atom. The average molecular weight is 497 g/mol. The Balaban J connectivity index is 4.39. The van der Waals surface area contributed by atoms with E-state index in [-0.39, 0.29) is 0 Å². The topological polar surface area (TPSA) is 0 Å². The minimum absolute atomic E-state index is 1.35. The first-order valence-corrected chi connectivity index (χ1v) is 16.8. The SMILES string of the molecule is CCCC[N+](CCCC)(CCCC)CCCCCCCCC[N+](CCCC)(CCCC)CCCC. The molecule has 0 bridgehead atoms. The lowest BCUT2D eigenvalue weighted by Gasteiger charge is -2.39. The Hall–Kier alpha value is -0.0800. The fourth-order valence-electron chi connectivity index (χ4n) is 6.08. The highest BCUT2D eigenvalue weighted by molar-refractivity contribution is 4.54. The van der Waals surface area contributed by atoms with Crippen LogP contribution >= 0.6 is 0 Å². The van der Waals surface area contributed by atoms with Crippen LogP contribution in [0.4, 0.5) is 0 Å². The van der Waals surface area contributed by atoms with Gasteiger partial charge in [-0.15, -0.1) is 0 Å². The molecule has 0 atom stereocenters. The van der Waals surface area contributed by atoms with E-state index in [4.69, 9.17) is 0 Å². The molecular formula is C33H72N2+2. The first-order valence-electron chi connectivity index (χ1n) is 16.8. The summed E-state index contributed by atoms with van der Waals surface area (Å²) in [5.74, 6) is 0. The Bertz CT molecular complexity index is 338. The predicted molar refractivity (Wildman–Crippen MR) is 161 cm³/mol. The second kappa shape index (κ2) is 24.3. The van der Waals surface area contributed by atoms with Crippen molar-refractivity contribution in [3.8, 4) is 0 Å². The van der Waals surface area contributed by atoms with Gasteiger partial charge in [-0.25, -0.2) is 0 Å². The molecular weight excluding hydrogens is 424 g/mol. The minimum atomic E-state index is 1.35. The van der Waals surface area contributed by atoms with E-state index in [1.165, 1.54) is 183 Å². The summed E-state index contributed by atoms with van der Waals surface area (Å²) in [6.07, 6.45) is 26.9. The van der Waals surface area contributed by atoms with Crippen LogP contribution < -0.4 is 0 Å². The van der Waals surface area contributed by atoms with Crippen LogP contribution in [0.1, 0.15) is 164 Å². The third kappa shape index (κ3) is 17.9. The van der Waals surface area contributed by atoms with Crippen LogP contribution in [-0.2, 0) is 0 Å². The smallest absolute Gasteiger partial charge is 0.0786 e. The summed E-state index contributed by atoms with van der Waals surface area (Å²) in [5.41, 5.74) is 0. The fourth-order valence-corrected chi connectivity index (χ4v) is 6.08. The van der Waals surface area contributed by atoms with Gasteiger partial charge in [0.25, 0.3) is 0 Å². The van der Waals surface area contributed by atoms with Gasteiger partial charge >= 0.3 is 0 Å². The van der Waals surface area contributed by atoms with Crippen LogP contribution in [0.2, 0.25) is 0 Å². The summed E-state index contributed by atoms with van der Waals surface area (Å²) in [7, 11) is 0. The van der Waals surface area contributed by atoms with Gasteiger partial charge in [0, 0.05) is 0 Å². The lowest BCUT2D eigenvalue weighted by atomic mass is 10.1. The van der Waals surface area contributed by atoms with E-state index >= 15 is 0 Å². The molecule has 0 amide bonds. The summed E-state index contributed by atoms with van der Waals surface area (Å²) in [4.78, 5) is 0. The third-order valence-electron chi connectivity index (χ3n) is 8.68. The van der Waals surface area contributed by atoms with Crippen molar-refractivity contribution in [1.82, 2.24) is 0 Å². The van der Waals surface area contributed by atoms with E-state index in [9.17, 15) is 0 Å².